The van der Waals surface area contributed by atoms with Gasteiger partial charge in [0.1, 0.15) is 0 Å². The molecule has 1 N–H and O–H groups in total. The molecular weight excluding hydrogens is 250 g/mol. The summed E-state index contributed by atoms with van der Waals surface area (Å²) in [6.45, 7) is 10.8. The summed E-state index contributed by atoms with van der Waals surface area (Å²) < 4.78 is 2.03. The average Bonchev–Trinajstić information content (AvgIpc) is 2.39. The van der Waals surface area contributed by atoms with Gasteiger partial charge in [-0.2, -0.15) is 0 Å². The van der Waals surface area contributed by atoms with Gasteiger partial charge in [-0.1, -0.05) is 20.8 Å². The Bertz CT molecular complexity index is 519. The number of hydrogen-bond donors (Lipinski definition) is 1. The first-order valence-corrected chi connectivity index (χ1v) is 7.66. The first-order chi connectivity index (χ1) is 9.52. The van der Waals surface area contributed by atoms with Crippen LogP contribution in [0.4, 0.5) is 0 Å². The van der Waals surface area contributed by atoms with E-state index < -0.39 is 0 Å². The van der Waals surface area contributed by atoms with E-state index in [0.29, 0.717) is 12.5 Å². The average molecular weight is 277 g/mol. The predicted octanol–water partition coefficient (Wildman–Crippen LogP) is 1.60. The number of aromatic nitrogens is 1. The molecule has 0 amide bonds. The Morgan fingerprint density at radius 1 is 1.40 bits per heavy atom. The van der Waals surface area contributed by atoms with Gasteiger partial charge in [0.15, 0.2) is 0 Å². The third kappa shape index (κ3) is 3.30. The molecule has 1 aliphatic heterocycles. The summed E-state index contributed by atoms with van der Waals surface area (Å²) in [5.41, 5.74) is 3.68. The van der Waals surface area contributed by atoms with E-state index in [4.69, 9.17) is 0 Å². The zero-order valence-corrected chi connectivity index (χ0v) is 13.2. The highest BCUT2D eigenvalue weighted by Gasteiger charge is 2.20. The Balaban J connectivity index is 2.46. The van der Waals surface area contributed by atoms with Gasteiger partial charge >= 0.3 is 0 Å². The number of nitrogens with zero attached hydrogens (tertiary/aromatic N) is 2. The molecule has 0 atom stereocenters. The van der Waals surface area contributed by atoms with Crippen molar-refractivity contribution in [2.45, 2.75) is 46.8 Å². The van der Waals surface area contributed by atoms with Crippen molar-refractivity contribution < 1.29 is 0 Å². The first-order valence-electron chi connectivity index (χ1n) is 7.66. The summed E-state index contributed by atoms with van der Waals surface area (Å²) in [4.78, 5) is 15.0. The molecule has 0 aliphatic carbocycles. The molecule has 0 radical (unpaired) electrons. The largest absolute Gasteiger partial charge is 0.313 e. The van der Waals surface area contributed by atoms with Crippen LogP contribution >= 0.6 is 0 Å². The van der Waals surface area contributed by atoms with E-state index in [1.165, 1.54) is 11.3 Å². The topological polar surface area (TPSA) is 37.3 Å². The molecule has 2 heterocycles. The quantitative estimate of drug-likeness (QED) is 0.888. The molecule has 2 rings (SSSR count). The fraction of sp³-hybridized carbons (Fsp3) is 0.688. The van der Waals surface area contributed by atoms with E-state index in [-0.39, 0.29) is 5.56 Å². The second-order valence-corrected chi connectivity index (χ2v) is 6.22. The number of pyridine rings is 1. The molecule has 4 nitrogen and oxygen atoms in total. The fourth-order valence-electron chi connectivity index (χ4n) is 2.87. The maximum Gasteiger partial charge on any atom is 0.255 e. The van der Waals surface area contributed by atoms with Gasteiger partial charge < -0.3 is 14.8 Å². The van der Waals surface area contributed by atoms with Gasteiger partial charge in [-0.15, -0.1) is 0 Å². The first kappa shape index (κ1) is 15.3. The van der Waals surface area contributed by atoms with Crippen LogP contribution in [-0.4, -0.2) is 29.6 Å². The number of fused-ring (bicyclic) bond motifs is 1. The molecule has 0 saturated heterocycles. The van der Waals surface area contributed by atoms with Crippen LogP contribution in [0.15, 0.2) is 10.9 Å². The zero-order valence-electron chi connectivity index (χ0n) is 13.2. The second-order valence-electron chi connectivity index (χ2n) is 6.22. The highest BCUT2D eigenvalue weighted by Crippen LogP contribution is 2.18. The van der Waals surface area contributed by atoms with Crippen molar-refractivity contribution in [1.29, 1.82) is 0 Å². The summed E-state index contributed by atoms with van der Waals surface area (Å²) in [6.07, 6.45) is 0.981. The van der Waals surface area contributed by atoms with E-state index in [9.17, 15) is 4.79 Å². The van der Waals surface area contributed by atoms with Gasteiger partial charge in [0.2, 0.25) is 0 Å². The number of likely N-dealkylation sites (N-methyl/N-ethyl adjacent to an activating group) is 1. The van der Waals surface area contributed by atoms with Gasteiger partial charge in [0.05, 0.1) is 0 Å². The van der Waals surface area contributed by atoms with Crippen LogP contribution < -0.4 is 10.9 Å². The lowest BCUT2D eigenvalue weighted by atomic mass is 10.0. The van der Waals surface area contributed by atoms with Crippen LogP contribution in [0.3, 0.4) is 0 Å². The molecule has 0 fully saturated rings. The van der Waals surface area contributed by atoms with Gasteiger partial charge in [-0.3, -0.25) is 4.79 Å². The maximum absolute atomic E-state index is 12.7. The minimum Gasteiger partial charge on any atom is -0.313 e. The number of hydrogen-bond acceptors (Lipinski definition) is 3. The highest BCUT2D eigenvalue weighted by molar-refractivity contribution is 5.29. The smallest absolute Gasteiger partial charge is 0.255 e. The van der Waals surface area contributed by atoms with Crippen LogP contribution in [0.2, 0.25) is 0 Å². The SMILES string of the molecule is CCNCc1cc2c(n(CC(C)C)c1=O)CCN(C)C2. The van der Waals surface area contributed by atoms with Crippen LogP contribution in [0.1, 0.15) is 37.6 Å². The lowest BCUT2D eigenvalue weighted by Crippen LogP contribution is -2.37. The Hall–Kier alpha value is -1.13. The fourth-order valence-corrected chi connectivity index (χ4v) is 2.87. The van der Waals surface area contributed by atoms with Crippen molar-refractivity contribution in [3.63, 3.8) is 0 Å². The van der Waals surface area contributed by atoms with Crippen LogP contribution in [0.5, 0.6) is 0 Å². The minimum absolute atomic E-state index is 0.197. The van der Waals surface area contributed by atoms with Crippen molar-refractivity contribution >= 4 is 0 Å². The van der Waals surface area contributed by atoms with Crippen LogP contribution in [0.25, 0.3) is 0 Å². The minimum atomic E-state index is 0.197. The third-order valence-corrected chi connectivity index (χ3v) is 3.85. The Kier molecular flexibility index (Phi) is 5.00. The van der Waals surface area contributed by atoms with Crippen molar-refractivity contribution in [2.75, 3.05) is 20.1 Å². The number of nitrogens with one attached hydrogen (secondary N) is 1. The Labute approximate surface area is 121 Å². The third-order valence-electron chi connectivity index (χ3n) is 3.85. The molecule has 1 aromatic rings. The van der Waals surface area contributed by atoms with Gasteiger partial charge in [0.25, 0.3) is 5.56 Å². The summed E-state index contributed by atoms with van der Waals surface area (Å²) in [6, 6.07) is 2.12. The van der Waals surface area contributed by atoms with Crippen molar-refractivity contribution in [2.24, 2.45) is 5.92 Å². The highest BCUT2D eigenvalue weighted by atomic mass is 16.1. The number of rotatable bonds is 5. The molecule has 20 heavy (non-hydrogen) atoms. The van der Waals surface area contributed by atoms with E-state index in [2.05, 4.69) is 44.1 Å². The Morgan fingerprint density at radius 2 is 2.15 bits per heavy atom. The van der Waals surface area contributed by atoms with Crippen molar-refractivity contribution in [1.82, 2.24) is 14.8 Å². The molecule has 0 saturated carbocycles. The van der Waals surface area contributed by atoms with Crippen LogP contribution in [-0.2, 0) is 26.1 Å². The summed E-state index contributed by atoms with van der Waals surface area (Å²) in [5, 5.41) is 3.28. The molecule has 4 heteroatoms. The van der Waals surface area contributed by atoms with E-state index in [0.717, 1.165) is 38.2 Å². The normalized spacial score (nSPS) is 15.7. The molecule has 1 aromatic heterocycles. The lowest BCUT2D eigenvalue weighted by Gasteiger charge is -2.29. The Morgan fingerprint density at radius 3 is 2.80 bits per heavy atom. The van der Waals surface area contributed by atoms with Crippen LogP contribution in [0, 0.1) is 5.92 Å². The standard InChI is InChI=1S/C16H27N3O/c1-5-17-9-13-8-14-11-18(4)7-6-15(14)19(16(13)20)10-12(2)3/h8,12,17H,5-7,9-11H2,1-4H3. The molecule has 1 aliphatic rings. The maximum atomic E-state index is 12.7. The molecule has 0 spiro atoms. The van der Waals surface area contributed by atoms with E-state index in [1.807, 2.05) is 4.57 Å². The second kappa shape index (κ2) is 6.55. The van der Waals surface area contributed by atoms with Crippen molar-refractivity contribution in [3.05, 3.63) is 33.2 Å². The molecule has 112 valence electrons. The molecular formula is C16H27N3O. The molecule has 0 unspecified atom stereocenters. The van der Waals surface area contributed by atoms with Gasteiger partial charge in [-0.05, 0) is 31.1 Å². The monoisotopic (exact) mass is 277 g/mol. The predicted molar refractivity (Wildman–Crippen MR) is 83.0 cm³/mol. The summed E-state index contributed by atoms with van der Waals surface area (Å²) in [7, 11) is 2.14. The van der Waals surface area contributed by atoms with E-state index in [1.54, 1.807) is 0 Å². The van der Waals surface area contributed by atoms with Gasteiger partial charge in [-0.25, -0.2) is 0 Å². The molecule has 0 bridgehead atoms. The molecule has 0 aromatic carbocycles. The summed E-state index contributed by atoms with van der Waals surface area (Å²) >= 11 is 0. The zero-order chi connectivity index (χ0) is 14.7. The van der Waals surface area contributed by atoms with Crippen molar-refractivity contribution in [3.8, 4) is 0 Å². The van der Waals surface area contributed by atoms with E-state index >= 15 is 0 Å². The summed E-state index contributed by atoms with van der Waals surface area (Å²) in [5.74, 6) is 0.492. The lowest BCUT2D eigenvalue weighted by molar-refractivity contribution is 0.301. The van der Waals surface area contributed by atoms with Gasteiger partial charge in [0, 0.05) is 43.9 Å².